The first-order valence-electron chi connectivity index (χ1n) is 5.70. The van der Waals surface area contributed by atoms with Gasteiger partial charge in [-0.25, -0.2) is 0 Å². The number of rotatable bonds is 4. The molecular weight excluding hydrogens is 422 g/mol. The summed E-state index contributed by atoms with van der Waals surface area (Å²) < 4.78 is 5.43. The molecule has 0 bridgehead atoms. The largest absolute Gasteiger partial charge is 0.308 e. The van der Waals surface area contributed by atoms with Crippen LogP contribution in [0.3, 0.4) is 0 Å². The number of thiophene rings is 3. The maximum Gasteiger partial charge on any atom is 0.308 e. The van der Waals surface area contributed by atoms with Gasteiger partial charge in [-0.15, -0.1) is 31.5 Å². The Bertz CT molecular complexity index is 579. The highest BCUT2D eigenvalue weighted by atomic mass is 79.9. The van der Waals surface area contributed by atoms with Crippen LogP contribution in [0.4, 0.5) is 0 Å². The normalized spacial score (nSPS) is 10.6. The van der Waals surface area contributed by atoms with Gasteiger partial charge in [-0.05, 0) is 29.9 Å². The van der Waals surface area contributed by atoms with E-state index in [1.165, 1.54) is 19.1 Å². The highest BCUT2D eigenvalue weighted by Crippen LogP contribution is 2.09. The Hall–Kier alpha value is 0.190. The van der Waals surface area contributed by atoms with E-state index in [2.05, 4.69) is 78.7 Å². The standard InChI is InChI=1S/C12H8B2Br2S3/c15-13(9-3-1-7-17-9)11-5-6-12(19-11)14(16)10-4-2-8-18-10/h1-8H. The minimum absolute atomic E-state index is 0.314. The molecule has 0 radical (unpaired) electrons. The lowest BCUT2D eigenvalue weighted by Crippen LogP contribution is -2.35. The Balaban J connectivity index is 1.83. The van der Waals surface area contributed by atoms with E-state index in [0.717, 1.165) is 0 Å². The molecule has 0 amide bonds. The van der Waals surface area contributed by atoms with Crippen LogP contribution in [0, 0.1) is 0 Å². The van der Waals surface area contributed by atoms with E-state index in [1.807, 2.05) is 11.3 Å². The van der Waals surface area contributed by atoms with E-state index in [0.29, 0.717) is 11.1 Å². The van der Waals surface area contributed by atoms with Gasteiger partial charge in [0.2, 0.25) is 0 Å². The third kappa shape index (κ3) is 3.10. The van der Waals surface area contributed by atoms with Crippen molar-refractivity contribution in [1.29, 1.82) is 0 Å². The highest BCUT2D eigenvalue weighted by Gasteiger charge is 2.23. The van der Waals surface area contributed by atoms with Gasteiger partial charge in [0.15, 0.2) is 0 Å². The number of halogens is 2. The van der Waals surface area contributed by atoms with Crippen molar-refractivity contribution < 1.29 is 0 Å². The van der Waals surface area contributed by atoms with Gasteiger partial charge in [0.1, 0.15) is 0 Å². The molecule has 0 fully saturated rings. The molecule has 3 aromatic heterocycles. The summed E-state index contributed by atoms with van der Waals surface area (Å²) in [5.41, 5.74) is 0.628. The summed E-state index contributed by atoms with van der Waals surface area (Å²) in [7, 11) is 0. The van der Waals surface area contributed by atoms with Crippen LogP contribution in [0.15, 0.2) is 47.2 Å². The average Bonchev–Trinajstić information content (AvgIpc) is 3.16. The lowest BCUT2D eigenvalue weighted by molar-refractivity contribution is 2.05. The lowest BCUT2D eigenvalue weighted by atomic mass is 9.73. The molecule has 0 aliphatic carbocycles. The topological polar surface area (TPSA) is 0 Å². The van der Waals surface area contributed by atoms with Crippen LogP contribution in [-0.4, -0.2) is 11.1 Å². The molecule has 0 atom stereocenters. The molecule has 0 aromatic carbocycles. The molecule has 0 nitrogen and oxygen atoms in total. The predicted molar refractivity (Wildman–Crippen MR) is 101 cm³/mol. The van der Waals surface area contributed by atoms with Gasteiger partial charge in [-0.1, -0.05) is 36.4 Å². The first kappa shape index (κ1) is 14.1. The van der Waals surface area contributed by atoms with Crippen molar-refractivity contribution in [2.45, 2.75) is 0 Å². The van der Waals surface area contributed by atoms with Crippen LogP contribution in [0.25, 0.3) is 0 Å². The van der Waals surface area contributed by atoms with Gasteiger partial charge in [0, 0.05) is 0 Å². The van der Waals surface area contributed by atoms with Crippen molar-refractivity contribution in [3.8, 4) is 0 Å². The van der Waals surface area contributed by atoms with Gasteiger partial charge in [-0.3, -0.25) is 0 Å². The summed E-state index contributed by atoms with van der Waals surface area (Å²) >= 11 is 13.0. The van der Waals surface area contributed by atoms with E-state index in [-0.39, 0.29) is 0 Å². The Morgan fingerprint density at radius 1 is 0.684 bits per heavy atom. The molecule has 94 valence electrons. The van der Waals surface area contributed by atoms with Crippen molar-refractivity contribution in [3.05, 3.63) is 47.2 Å². The zero-order valence-electron chi connectivity index (χ0n) is 9.75. The van der Waals surface area contributed by atoms with Gasteiger partial charge < -0.3 is 0 Å². The van der Waals surface area contributed by atoms with Crippen molar-refractivity contribution in [2.24, 2.45) is 0 Å². The minimum atomic E-state index is 0.314. The van der Waals surface area contributed by atoms with Gasteiger partial charge >= 0.3 is 11.1 Å². The maximum absolute atomic E-state index is 3.79. The SMILES string of the molecule is BrB(c1cccs1)c1ccc(B(Br)c2cccs2)s1. The minimum Gasteiger partial charge on any atom is -0.162 e. The molecule has 7 heteroatoms. The van der Waals surface area contributed by atoms with E-state index < -0.39 is 0 Å². The molecule has 0 N–H and O–H groups in total. The summed E-state index contributed by atoms with van der Waals surface area (Å²) in [4.78, 5) is 0. The molecule has 0 spiro atoms. The van der Waals surface area contributed by atoms with E-state index in [1.54, 1.807) is 22.7 Å². The molecule has 19 heavy (non-hydrogen) atoms. The second-order valence-corrected chi connectivity index (χ2v) is 8.93. The predicted octanol–water partition coefficient (Wildman–Crippen LogP) is 2.87. The zero-order valence-corrected chi connectivity index (χ0v) is 15.4. The van der Waals surface area contributed by atoms with Crippen molar-refractivity contribution >= 4 is 95.7 Å². The second-order valence-electron chi connectivity index (χ2n) is 4.00. The fourth-order valence-corrected chi connectivity index (χ4v) is 6.20. The van der Waals surface area contributed by atoms with Crippen LogP contribution in [-0.2, 0) is 0 Å². The molecule has 3 heterocycles. The van der Waals surface area contributed by atoms with Crippen LogP contribution in [0.1, 0.15) is 0 Å². The Morgan fingerprint density at radius 2 is 1.16 bits per heavy atom. The van der Waals surface area contributed by atoms with Crippen molar-refractivity contribution in [3.63, 3.8) is 0 Å². The van der Waals surface area contributed by atoms with Crippen molar-refractivity contribution in [2.75, 3.05) is 0 Å². The summed E-state index contributed by atoms with van der Waals surface area (Å²) in [6.07, 6.45) is 0. The van der Waals surface area contributed by atoms with Gasteiger partial charge in [0.25, 0.3) is 0 Å². The molecule has 0 aliphatic heterocycles. The van der Waals surface area contributed by atoms with Crippen LogP contribution < -0.4 is 19.1 Å². The summed E-state index contributed by atoms with van der Waals surface area (Å²) in [6, 6.07) is 13.0. The first-order valence-corrected chi connectivity index (χ1v) is 10.1. The van der Waals surface area contributed by atoms with Gasteiger partial charge in [-0.2, -0.15) is 34.0 Å². The number of hydrogen-bond acceptors (Lipinski definition) is 3. The lowest BCUT2D eigenvalue weighted by Gasteiger charge is -2.01. The number of hydrogen-bond donors (Lipinski definition) is 0. The van der Waals surface area contributed by atoms with Crippen LogP contribution in [0.2, 0.25) is 0 Å². The maximum atomic E-state index is 3.79. The summed E-state index contributed by atoms with van der Waals surface area (Å²) in [5.74, 6) is 0. The summed E-state index contributed by atoms with van der Waals surface area (Å²) in [6.45, 7) is 0. The Labute approximate surface area is 142 Å². The molecule has 3 rings (SSSR count). The van der Waals surface area contributed by atoms with Gasteiger partial charge in [0.05, 0.1) is 0 Å². The second kappa shape index (κ2) is 6.31. The smallest absolute Gasteiger partial charge is 0.162 e. The third-order valence-corrected chi connectivity index (χ3v) is 9.01. The fraction of sp³-hybridized carbons (Fsp3) is 0. The zero-order chi connectivity index (χ0) is 13.2. The molecule has 0 unspecified atom stereocenters. The van der Waals surface area contributed by atoms with E-state index in [9.17, 15) is 0 Å². The Morgan fingerprint density at radius 3 is 1.53 bits per heavy atom. The molecule has 0 saturated heterocycles. The van der Waals surface area contributed by atoms with Crippen LogP contribution in [0.5, 0.6) is 0 Å². The Kier molecular flexibility index (Phi) is 4.69. The highest BCUT2D eigenvalue weighted by molar-refractivity contribution is 9.26. The van der Waals surface area contributed by atoms with E-state index in [4.69, 9.17) is 0 Å². The monoisotopic (exact) mass is 428 g/mol. The molecule has 3 aromatic rings. The average molecular weight is 430 g/mol. The van der Waals surface area contributed by atoms with Crippen LogP contribution >= 0.6 is 65.5 Å². The summed E-state index contributed by atoms with van der Waals surface area (Å²) in [5, 5.41) is 4.24. The molecule has 0 aliphatic rings. The molecular formula is C12H8B2Br2S3. The molecule has 0 saturated carbocycles. The fourth-order valence-electron chi connectivity index (χ4n) is 1.79. The third-order valence-electron chi connectivity index (χ3n) is 2.73. The van der Waals surface area contributed by atoms with Crippen molar-refractivity contribution in [1.82, 2.24) is 0 Å². The van der Waals surface area contributed by atoms with E-state index >= 15 is 0 Å². The quantitative estimate of drug-likeness (QED) is 0.560. The first-order chi connectivity index (χ1) is 9.25.